The SMILES string of the molecule is CC/C=C\C/C=C\C/C=C\C/C=C\C/C=C\CCCCCC(=O)OCC(COC(=O)CCCCC/C=C\C/C=C\C/C=C\CC)OC(=O)C/C=C\C/C=C\C/C=C\C/C=C\C/C=C\CC. The van der Waals surface area contributed by atoms with Gasteiger partial charge >= 0.3 is 17.9 Å². The fraction of sp³-hybridized carbons (Fsp3) is 0.508. The van der Waals surface area contributed by atoms with Crippen molar-refractivity contribution < 1.29 is 28.6 Å². The van der Waals surface area contributed by atoms with Crippen LogP contribution in [0.3, 0.4) is 0 Å². The molecule has 0 aromatic heterocycles. The molecular formula is C59H88O6. The number of carbonyl (C=O) groups excluding carboxylic acids is 3. The van der Waals surface area contributed by atoms with E-state index in [0.29, 0.717) is 6.42 Å². The summed E-state index contributed by atoms with van der Waals surface area (Å²) >= 11 is 0. The van der Waals surface area contributed by atoms with E-state index in [4.69, 9.17) is 14.2 Å². The fourth-order valence-corrected chi connectivity index (χ4v) is 5.91. The van der Waals surface area contributed by atoms with Gasteiger partial charge in [-0.3, -0.25) is 14.4 Å². The first-order valence-corrected chi connectivity index (χ1v) is 25.0. The quantitative estimate of drug-likeness (QED) is 0.0263. The second kappa shape index (κ2) is 51.7. The van der Waals surface area contributed by atoms with E-state index in [0.717, 1.165) is 128 Å². The maximum absolute atomic E-state index is 12.7. The van der Waals surface area contributed by atoms with Crippen molar-refractivity contribution >= 4 is 17.9 Å². The van der Waals surface area contributed by atoms with Gasteiger partial charge in [-0.05, 0) is 122 Å². The highest BCUT2D eigenvalue weighted by Gasteiger charge is 2.19. The standard InChI is InChI=1S/C59H88O6/c1-4-7-10-13-16-19-22-25-27-28-29-30-32-34-37-40-43-46-49-52-58(61)64-55-56(54-63-57(60)51-48-45-42-39-36-33-24-21-18-15-12-9-6-3)65-59(62)53-50-47-44-41-38-35-31-26-23-20-17-14-11-8-5-2/h7-12,16-21,25-27,29-31,33-34,36-38,41,47,50,56H,4-6,13-15,22-24,28,32,35,39-40,42-46,48-49,51-55H2,1-3H3/b10-7-,11-8-,12-9-,19-16-,20-17-,21-18-,27-25-,30-29-,31-26-,36-33-,37-34-,41-38-,50-47-. The van der Waals surface area contributed by atoms with E-state index in [-0.39, 0.29) is 44.4 Å². The van der Waals surface area contributed by atoms with Crippen molar-refractivity contribution in [2.24, 2.45) is 0 Å². The maximum Gasteiger partial charge on any atom is 0.310 e. The van der Waals surface area contributed by atoms with Crippen LogP contribution in [-0.4, -0.2) is 37.2 Å². The Morgan fingerprint density at radius 2 is 0.600 bits per heavy atom. The number of hydrogen-bond acceptors (Lipinski definition) is 6. The molecule has 1 atom stereocenters. The molecule has 6 nitrogen and oxygen atoms in total. The maximum atomic E-state index is 12.7. The highest BCUT2D eigenvalue weighted by Crippen LogP contribution is 2.10. The summed E-state index contributed by atoms with van der Waals surface area (Å²) in [4.78, 5) is 37.9. The molecule has 0 rings (SSSR count). The fourth-order valence-electron chi connectivity index (χ4n) is 5.91. The van der Waals surface area contributed by atoms with Crippen LogP contribution in [-0.2, 0) is 28.6 Å². The van der Waals surface area contributed by atoms with E-state index in [2.05, 4.69) is 167 Å². The Kier molecular flexibility index (Phi) is 47.7. The Bertz CT molecular complexity index is 1540. The predicted octanol–water partition coefficient (Wildman–Crippen LogP) is 16.6. The number of allylic oxidation sites excluding steroid dienone is 25. The van der Waals surface area contributed by atoms with Gasteiger partial charge < -0.3 is 14.2 Å². The lowest BCUT2D eigenvalue weighted by Gasteiger charge is -2.18. The molecule has 0 N–H and O–H groups in total. The Labute approximate surface area is 397 Å². The Balaban J connectivity index is 4.64. The zero-order chi connectivity index (χ0) is 47.2. The van der Waals surface area contributed by atoms with Crippen LogP contribution in [0.5, 0.6) is 0 Å². The molecular weight excluding hydrogens is 805 g/mol. The van der Waals surface area contributed by atoms with Gasteiger partial charge in [0.25, 0.3) is 0 Å². The summed E-state index contributed by atoms with van der Waals surface area (Å²) in [6, 6.07) is 0. The summed E-state index contributed by atoms with van der Waals surface area (Å²) in [5, 5.41) is 0. The summed E-state index contributed by atoms with van der Waals surface area (Å²) in [6.45, 7) is 6.12. The summed E-state index contributed by atoms with van der Waals surface area (Å²) in [6.07, 6.45) is 75.4. The lowest BCUT2D eigenvalue weighted by Crippen LogP contribution is -2.30. The third kappa shape index (κ3) is 49.9. The summed E-state index contributed by atoms with van der Waals surface area (Å²) in [5.41, 5.74) is 0. The molecule has 0 saturated heterocycles. The van der Waals surface area contributed by atoms with E-state index in [1.54, 1.807) is 6.08 Å². The average molecular weight is 893 g/mol. The number of unbranched alkanes of at least 4 members (excludes halogenated alkanes) is 6. The molecule has 0 aromatic carbocycles. The van der Waals surface area contributed by atoms with Crippen molar-refractivity contribution in [3.8, 4) is 0 Å². The van der Waals surface area contributed by atoms with Crippen LogP contribution >= 0.6 is 0 Å². The smallest absolute Gasteiger partial charge is 0.310 e. The molecule has 0 fully saturated rings. The van der Waals surface area contributed by atoms with E-state index in [9.17, 15) is 14.4 Å². The molecule has 0 heterocycles. The summed E-state index contributed by atoms with van der Waals surface area (Å²) < 4.78 is 16.6. The molecule has 0 amide bonds. The first kappa shape index (κ1) is 60.0. The molecule has 0 bridgehead atoms. The van der Waals surface area contributed by atoms with Crippen LogP contribution in [0.25, 0.3) is 0 Å². The van der Waals surface area contributed by atoms with E-state index in [1.165, 1.54) is 0 Å². The minimum absolute atomic E-state index is 0.0742. The molecule has 1 unspecified atom stereocenters. The number of hydrogen-bond donors (Lipinski definition) is 0. The van der Waals surface area contributed by atoms with Gasteiger partial charge in [0.15, 0.2) is 6.10 Å². The van der Waals surface area contributed by atoms with Gasteiger partial charge in [0.05, 0.1) is 6.42 Å². The Morgan fingerprint density at radius 3 is 0.908 bits per heavy atom. The average Bonchev–Trinajstić information content (AvgIpc) is 3.30. The van der Waals surface area contributed by atoms with Gasteiger partial charge in [-0.25, -0.2) is 0 Å². The largest absolute Gasteiger partial charge is 0.462 e. The topological polar surface area (TPSA) is 78.9 Å². The van der Waals surface area contributed by atoms with Crippen molar-refractivity contribution in [2.75, 3.05) is 13.2 Å². The normalized spacial score (nSPS) is 13.5. The third-order valence-electron chi connectivity index (χ3n) is 9.54. The van der Waals surface area contributed by atoms with Crippen molar-refractivity contribution in [3.63, 3.8) is 0 Å². The minimum Gasteiger partial charge on any atom is -0.462 e. The second-order valence-electron chi connectivity index (χ2n) is 15.6. The lowest BCUT2D eigenvalue weighted by atomic mass is 10.1. The van der Waals surface area contributed by atoms with Crippen LogP contribution < -0.4 is 0 Å². The molecule has 0 aromatic rings. The van der Waals surface area contributed by atoms with Crippen molar-refractivity contribution in [3.05, 3.63) is 158 Å². The summed E-state index contributed by atoms with van der Waals surface area (Å²) in [5.74, 6) is -1.16. The molecule has 0 aliphatic heterocycles. The first-order valence-electron chi connectivity index (χ1n) is 25.0. The first-order chi connectivity index (χ1) is 32.0. The number of carbonyl (C=O) groups is 3. The van der Waals surface area contributed by atoms with Crippen LogP contribution in [0.4, 0.5) is 0 Å². The van der Waals surface area contributed by atoms with Crippen LogP contribution in [0.2, 0.25) is 0 Å². The molecule has 0 spiro atoms. The minimum atomic E-state index is -0.865. The Hall–Kier alpha value is -4.97. The van der Waals surface area contributed by atoms with Gasteiger partial charge in [0.2, 0.25) is 0 Å². The van der Waals surface area contributed by atoms with Gasteiger partial charge in [-0.1, -0.05) is 192 Å². The monoisotopic (exact) mass is 893 g/mol. The molecule has 65 heavy (non-hydrogen) atoms. The zero-order valence-corrected chi connectivity index (χ0v) is 40.9. The highest BCUT2D eigenvalue weighted by molar-refractivity contribution is 5.72. The van der Waals surface area contributed by atoms with Gasteiger partial charge in [-0.2, -0.15) is 0 Å². The second-order valence-corrected chi connectivity index (χ2v) is 15.6. The third-order valence-corrected chi connectivity index (χ3v) is 9.54. The highest BCUT2D eigenvalue weighted by atomic mass is 16.6. The lowest BCUT2D eigenvalue weighted by molar-refractivity contribution is -0.166. The van der Waals surface area contributed by atoms with Crippen LogP contribution in [0.15, 0.2) is 158 Å². The van der Waals surface area contributed by atoms with Crippen molar-refractivity contribution in [2.45, 2.75) is 181 Å². The number of rotatable bonds is 42. The molecule has 0 aliphatic rings. The molecule has 360 valence electrons. The number of esters is 3. The van der Waals surface area contributed by atoms with E-state index >= 15 is 0 Å². The number of ether oxygens (including phenoxy) is 3. The molecule has 0 radical (unpaired) electrons. The zero-order valence-electron chi connectivity index (χ0n) is 40.9. The molecule has 0 aliphatic carbocycles. The van der Waals surface area contributed by atoms with Gasteiger partial charge in [0, 0.05) is 12.8 Å². The predicted molar refractivity (Wildman–Crippen MR) is 278 cm³/mol. The van der Waals surface area contributed by atoms with Gasteiger partial charge in [0.1, 0.15) is 13.2 Å². The molecule has 0 saturated carbocycles. The van der Waals surface area contributed by atoms with Crippen molar-refractivity contribution in [1.29, 1.82) is 0 Å². The van der Waals surface area contributed by atoms with Crippen molar-refractivity contribution in [1.82, 2.24) is 0 Å². The van der Waals surface area contributed by atoms with E-state index < -0.39 is 12.1 Å². The van der Waals surface area contributed by atoms with Crippen LogP contribution in [0.1, 0.15) is 175 Å². The van der Waals surface area contributed by atoms with Crippen LogP contribution in [0, 0.1) is 0 Å². The van der Waals surface area contributed by atoms with E-state index in [1.807, 2.05) is 6.08 Å². The molecule has 6 heteroatoms. The Morgan fingerprint density at radius 1 is 0.323 bits per heavy atom. The summed E-state index contributed by atoms with van der Waals surface area (Å²) in [7, 11) is 0. The van der Waals surface area contributed by atoms with Gasteiger partial charge in [-0.15, -0.1) is 0 Å².